The van der Waals surface area contributed by atoms with Gasteiger partial charge in [0.2, 0.25) is 0 Å². The predicted octanol–water partition coefficient (Wildman–Crippen LogP) is 2.96. The van der Waals surface area contributed by atoms with E-state index in [0.717, 1.165) is 5.57 Å². The number of hydrogen-bond donors (Lipinski definition) is 2. The highest BCUT2D eigenvalue weighted by molar-refractivity contribution is 6.69. The normalized spacial score (nSPS) is 49.6. The Kier molecular flexibility index (Phi) is 4.99. The summed E-state index contributed by atoms with van der Waals surface area (Å²) in [5, 5.41) is 23.6. The first kappa shape index (κ1) is 24.4. The molecule has 2 saturated heterocycles. The lowest BCUT2D eigenvalue weighted by Crippen LogP contribution is -2.79. The average Bonchev–Trinajstić information content (AvgIpc) is 3.02. The molecular formula is C25H38O8Si. The zero-order valence-corrected chi connectivity index (χ0v) is 22.4. The Bertz CT molecular complexity index is 984. The first-order valence-corrected chi connectivity index (χ1v) is 15.8. The molecule has 5 aliphatic rings. The molecule has 2 saturated carbocycles. The highest BCUT2D eigenvalue weighted by atomic mass is 28.4. The van der Waals surface area contributed by atoms with E-state index in [-0.39, 0.29) is 18.3 Å². The molecule has 190 valence electrons. The first-order valence-electron chi connectivity index (χ1n) is 12.4. The van der Waals surface area contributed by atoms with Crippen molar-refractivity contribution in [3.8, 4) is 0 Å². The maximum atomic E-state index is 14.2. The molecule has 8 nitrogen and oxygen atoms in total. The number of carbonyl (C=O) groups is 2. The van der Waals surface area contributed by atoms with Crippen LogP contribution in [0, 0.1) is 22.7 Å². The molecule has 5 rings (SSSR count). The van der Waals surface area contributed by atoms with Gasteiger partial charge in [0.1, 0.15) is 11.7 Å². The van der Waals surface area contributed by atoms with Gasteiger partial charge in [-0.3, -0.25) is 4.79 Å². The van der Waals surface area contributed by atoms with Gasteiger partial charge in [0.15, 0.2) is 25.8 Å². The van der Waals surface area contributed by atoms with Crippen LogP contribution in [0.15, 0.2) is 11.1 Å². The van der Waals surface area contributed by atoms with Crippen LogP contribution in [0.5, 0.6) is 0 Å². The number of ether oxygens (including phenoxy) is 3. The highest BCUT2D eigenvalue weighted by Crippen LogP contribution is 2.66. The van der Waals surface area contributed by atoms with Gasteiger partial charge in [-0.25, -0.2) is 4.79 Å². The first-order chi connectivity index (χ1) is 15.5. The molecule has 0 aromatic carbocycles. The third kappa shape index (κ3) is 2.79. The van der Waals surface area contributed by atoms with Crippen LogP contribution in [0.2, 0.25) is 19.6 Å². The van der Waals surface area contributed by atoms with Crippen molar-refractivity contribution in [1.82, 2.24) is 0 Å². The Morgan fingerprint density at radius 1 is 1.15 bits per heavy atom. The van der Waals surface area contributed by atoms with E-state index in [1.165, 1.54) is 0 Å². The largest absolute Gasteiger partial charge is 0.509 e. The third-order valence-electron chi connectivity index (χ3n) is 9.78. The minimum atomic E-state index is -2.05. The van der Waals surface area contributed by atoms with E-state index in [2.05, 4.69) is 19.6 Å². The lowest BCUT2D eigenvalue weighted by molar-refractivity contribution is -0.327. The van der Waals surface area contributed by atoms with Crippen molar-refractivity contribution >= 4 is 20.3 Å². The lowest BCUT2D eigenvalue weighted by atomic mass is 9.43. The van der Waals surface area contributed by atoms with Crippen molar-refractivity contribution in [2.24, 2.45) is 22.7 Å². The molecule has 3 aliphatic carbocycles. The monoisotopic (exact) mass is 494 g/mol. The summed E-state index contributed by atoms with van der Waals surface area (Å²) in [6.07, 6.45) is -3.20. The standard InChI is InChI=1S/C25H38O8Si/c1-12-9-15-24(29,11-30-15)18-20-25(32-21(28)31-20)10-14(33-34(6,7)8)13(2)16(22(25,3)4)17(26)19(27)23(12,18)5/h12,14-15,17-18,20,26,29H,9-11H2,1-8H3/t12-,14?,15?,17?,18?,20?,23+,24?,25?/m0/s1. The second-order valence-electron chi connectivity index (χ2n) is 12.9. The molecule has 2 aliphatic heterocycles. The Hall–Kier alpha value is -1.26. The summed E-state index contributed by atoms with van der Waals surface area (Å²) in [6.45, 7) is 15.7. The van der Waals surface area contributed by atoms with E-state index in [0.29, 0.717) is 18.4 Å². The zero-order valence-electron chi connectivity index (χ0n) is 21.4. The van der Waals surface area contributed by atoms with E-state index in [1.54, 1.807) is 6.92 Å². The number of aliphatic hydroxyl groups excluding tert-OH is 1. The minimum Gasteiger partial charge on any atom is -0.426 e. The SMILES string of the molecule is CC1=C2C(O)C(=O)[C@@]3(C)C(C4OC(=O)OC4(CC1O[Si](C)(C)C)C2(C)C)C1(O)COC1C[C@@H]3C. The molecule has 9 heteroatoms. The van der Waals surface area contributed by atoms with Crippen molar-refractivity contribution in [3.63, 3.8) is 0 Å². The van der Waals surface area contributed by atoms with Gasteiger partial charge in [-0.1, -0.05) is 27.7 Å². The van der Waals surface area contributed by atoms with Gasteiger partial charge in [0.25, 0.3) is 0 Å². The molecule has 0 amide bonds. The van der Waals surface area contributed by atoms with E-state index in [9.17, 15) is 19.8 Å². The highest BCUT2D eigenvalue weighted by Gasteiger charge is 2.78. The molecule has 1 spiro atoms. The maximum Gasteiger partial charge on any atom is 0.509 e. The van der Waals surface area contributed by atoms with Gasteiger partial charge >= 0.3 is 6.16 Å². The van der Waals surface area contributed by atoms with Crippen molar-refractivity contribution in [2.45, 2.75) is 103 Å². The van der Waals surface area contributed by atoms with Crippen molar-refractivity contribution in [3.05, 3.63) is 11.1 Å². The van der Waals surface area contributed by atoms with E-state index in [1.807, 2.05) is 27.7 Å². The molecule has 7 unspecified atom stereocenters. The van der Waals surface area contributed by atoms with E-state index < -0.39 is 66.8 Å². The Morgan fingerprint density at radius 3 is 2.35 bits per heavy atom. The Labute approximate surface area is 202 Å². The van der Waals surface area contributed by atoms with Crippen molar-refractivity contribution in [1.29, 1.82) is 0 Å². The van der Waals surface area contributed by atoms with Crippen LogP contribution >= 0.6 is 0 Å². The summed E-state index contributed by atoms with van der Waals surface area (Å²) in [6, 6.07) is 0. The number of Topliss-reactive ketones (excluding diaryl/α,β-unsaturated/α-hetero) is 1. The van der Waals surface area contributed by atoms with Gasteiger partial charge < -0.3 is 28.8 Å². The summed E-state index contributed by atoms with van der Waals surface area (Å²) in [4.78, 5) is 27.1. The quantitative estimate of drug-likeness (QED) is 0.342. The third-order valence-corrected chi connectivity index (χ3v) is 10.8. The van der Waals surface area contributed by atoms with Crippen LogP contribution in [0.3, 0.4) is 0 Å². The summed E-state index contributed by atoms with van der Waals surface area (Å²) in [5.41, 5.74) is -3.30. The Morgan fingerprint density at radius 2 is 1.79 bits per heavy atom. The smallest absolute Gasteiger partial charge is 0.426 e. The molecule has 0 radical (unpaired) electrons. The molecule has 2 heterocycles. The summed E-state index contributed by atoms with van der Waals surface area (Å²) >= 11 is 0. The molecule has 9 atom stereocenters. The van der Waals surface area contributed by atoms with Crippen LogP contribution in [0.4, 0.5) is 4.79 Å². The van der Waals surface area contributed by atoms with Crippen LogP contribution in [0.1, 0.15) is 47.5 Å². The summed E-state index contributed by atoms with van der Waals surface area (Å²) in [7, 11) is -2.05. The van der Waals surface area contributed by atoms with E-state index >= 15 is 0 Å². The topological polar surface area (TPSA) is 112 Å². The van der Waals surface area contributed by atoms with E-state index in [4.69, 9.17) is 18.6 Å². The van der Waals surface area contributed by atoms with Gasteiger partial charge in [0, 0.05) is 23.2 Å². The van der Waals surface area contributed by atoms with Gasteiger partial charge in [-0.15, -0.1) is 0 Å². The number of carbonyl (C=O) groups excluding carboxylic acids is 2. The van der Waals surface area contributed by atoms with Crippen LogP contribution < -0.4 is 0 Å². The number of ketones is 1. The molecule has 0 aromatic rings. The summed E-state index contributed by atoms with van der Waals surface area (Å²) in [5.74, 6) is -1.35. The molecular weight excluding hydrogens is 456 g/mol. The van der Waals surface area contributed by atoms with Crippen LogP contribution in [-0.4, -0.2) is 72.7 Å². The second-order valence-corrected chi connectivity index (χ2v) is 17.3. The number of fused-ring (bicyclic) bond motifs is 5. The minimum absolute atomic E-state index is 0.0507. The average molecular weight is 495 g/mol. The van der Waals surface area contributed by atoms with Gasteiger partial charge in [-0.05, 0) is 50.0 Å². The molecule has 2 N–H and O–H groups in total. The maximum absolute atomic E-state index is 14.2. The fourth-order valence-corrected chi connectivity index (χ4v) is 8.94. The molecule has 4 fully saturated rings. The van der Waals surface area contributed by atoms with Crippen LogP contribution in [0.25, 0.3) is 0 Å². The molecule has 34 heavy (non-hydrogen) atoms. The number of hydrogen-bond acceptors (Lipinski definition) is 8. The lowest BCUT2D eigenvalue weighted by Gasteiger charge is -2.66. The summed E-state index contributed by atoms with van der Waals surface area (Å²) < 4.78 is 24.3. The van der Waals surface area contributed by atoms with Crippen LogP contribution in [-0.2, 0) is 23.4 Å². The molecule has 0 aromatic heterocycles. The van der Waals surface area contributed by atoms with Crippen molar-refractivity contribution < 1.29 is 38.4 Å². The fraction of sp³-hybridized carbons (Fsp3) is 0.840. The zero-order chi connectivity index (χ0) is 25.2. The fourth-order valence-electron chi connectivity index (χ4n) is 7.82. The Balaban J connectivity index is 1.80. The second kappa shape index (κ2) is 6.94. The number of rotatable bonds is 2. The number of aliphatic hydroxyl groups is 2. The molecule has 2 bridgehead atoms. The predicted molar refractivity (Wildman–Crippen MR) is 124 cm³/mol. The van der Waals surface area contributed by atoms with Crippen molar-refractivity contribution in [2.75, 3.05) is 6.61 Å². The van der Waals surface area contributed by atoms with Gasteiger partial charge in [-0.2, -0.15) is 0 Å². The van der Waals surface area contributed by atoms with Gasteiger partial charge in [0.05, 0.1) is 18.8 Å².